The second-order valence-electron chi connectivity index (χ2n) is 9.42. The van der Waals surface area contributed by atoms with Crippen LogP contribution in [0.3, 0.4) is 0 Å². The van der Waals surface area contributed by atoms with Crippen LogP contribution in [0.1, 0.15) is 59.8 Å². The van der Waals surface area contributed by atoms with E-state index >= 15 is 0 Å². The minimum atomic E-state index is -0.266. The molecule has 34 heavy (non-hydrogen) atoms. The summed E-state index contributed by atoms with van der Waals surface area (Å²) >= 11 is 0. The predicted octanol–water partition coefficient (Wildman–Crippen LogP) is 4.59. The highest BCUT2D eigenvalue weighted by molar-refractivity contribution is 5.83. The molecule has 8 heteroatoms. The molecule has 2 heterocycles. The number of aromatic amines is 1. The lowest BCUT2D eigenvalue weighted by Crippen LogP contribution is -2.28. The summed E-state index contributed by atoms with van der Waals surface area (Å²) in [5.41, 5.74) is 4.64. The molecule has 5 rings (SSSR count). The SMILES string of the molecule is Cc1cc(C)c2cc(CN(Cc3ccc(F)cc3)Cc3nnnn3C3CCCC3)c(=O)[nH]c2c1. The normalized spacial score (nSPS) is 14.5. The van der Waals surface area contributed by atoms with Crippen molar-refractivity contribution < 1.29 is 4.39 Å². The van der Waals surface area contributed by atoms with Crippen molar-refractivity contribution in [2.24, 2.45) is 0 Å². The summed E-state index contributed by atoms with van der Waals surface area (Å²) in [6.45, 7) is 5.54. The van der Waals surface area contributed by atoms with E-state index in [-0.39, 0.29) is 11.4 Å². The molecule has 0 radical (unpaired) electrons. The van der Waals surface area contributed by atoms with Crippen molar-refractivity contribution in [2.75, 3.05) is 0 Å². The number of fused-ring (bicyclic) bond motifs is 1. The van der Waals surface area contributed by atoms with Crippen LogP contribution in [0.15, 0.2) is 47.3 Å². The Labute approximate surface area is 197 Å². The number of benzene rings is 2. The summed E-state index contributed by atoms with van der Waals surface area (Å²) in [4.78, 5) is 18.2. The van der Waals surface area contributed by atoms with Gasteiger partial charge >= 0.3 is 0 Å². The number of H-pyrrole nitrogens is 1. The van der Waals surface area contributed by atoms with Gasteiger partial charge in [0, 0.05) is 29.6 Å². The molecule has 0 aliphatic heterocycles. The summed E-state index contributed by atoms with van der Waals surface area (Å²) in [7, 11) is 0. The second kappa shape index (κ2) is 9.46. The highest BCUT2D eigenvalue weighted by Gasteiger charge is 2.23. The zero-order valence-electron chi connectivity index (χ0n) is 19.6. The van der Waals surface area contributed by atoms with Gasteiger partial charge in [0.2, 0.25) is 0 Å². The van der Waals surface area contributed by atoms with Gasteiger partial charge in [-0.25, -0.2) is 9.07 Å². The molecule has 0 spiro atoms. The maximum absolute atomic E-state index is 13.5. The number of aryl methyl sites for hydroxylation is 2. The van der Waals surface area contributed by atoms with Crippen LogP contribution in [0.2, 0.25) is 0 Å². The number of tetrazole rings is 1. The Kier molecular flexibility index (Phi) is 6.24. The van der Waals surface area contributed by atoms with Crippen molar-refractivity contribution in [1.29, 1.82) is 0 Å². The van der Waals surface area contributed by atoms with Crippen molar-refractivity contribution >= 4 is 10.9 Å². The fraction of sp³-hybridized carbons (Fsp3) is 0.385. The van der Waals surface area contributed by atoms with E-state index in [0.717, 1.165) is 46.3 Å². The number of rotatable bonds is 7. The van der Waals surface area contributed by atoms with E-state index in [2.05, 4.69) is 38.4 Å². The molecule has 0 amide bonds. The first-order chi connectivity index (χ1) is 16.5. The molecule has 1 aliphatic carbocycles. The maximum Gasteiger partial charge on any atom is 0.252 e. The van der Waals surface area contributed by atoms with Gasteiger partial charge in [0.25, 0.3) is 5.56 Å². The third-order valence-corrected chi connectivity index (χ3v) is 6.70. The fourth-order valence-corrected chi connectivity index (χ4v) is 5.04. The van der Waals surface area contributed by atoms with Gasteiger partial charge in [-0.15, -0.1) is 5.10 Å². The smallest absolute Gasteiger partial charge is 0.252 e. The Balaban J connectivity index is 1.47. The van der Waals surface area contributed by atoms with Gasteiger partial charge in [0.1, 0.15) is 5.82 Å². The molecular formula is C26H29FN6O. The molecule has 0 atom stereocenters. The lowest BCUT2D eigenvalue weighted by molar-refractivity contribution is 0.231. The fourth-order valence-electron chi connectivity index (χ4n) is 5.04. The average molecular weight is 461 g/mol. The highest BCUT2D eigenvalue weighted by atomic mass is 19.1. The Morgan fingerprint density at radius 1 is 1.06 bits per heavy atom. The molecule has 0 saturated heterocycles. The molecule has 0 unspecified atom stereocenters. The van der Waals surface area contributed by atoms with Crippen LogP contribution in [0.25, 0.3) is 10.9 Å². The van der Waals surface area contributed by atoms with E-state index in [9.17, 15) is 9.18 Å². The quantitative estimate of drug-likeness (QED) is 0.436. The first-order valence-corrected chi connectivity index (χ1v) is 11.8. The van der Waals surface area contributed by atoms with E-state index in [4.69, 9.17) is 0 Å². The third-order valence-electron chi connectivity index (χ3n) is 6.70. The van der Waals surface area contributed by atoms with E-state index in [1.54, 1.807) is 12.1 Å². The Bertz CT molecular complexity index is 1350. The van der Waals surface area contributed by atoms with Gasteiger partial charge in [-0.3, -0.25) is 9.69 Å². The molecule has 1 aliphatic rings. The molecule has 1 saturated carbocycles. The Morgan fingerprint density at radius 2 is 1.82 bits per heavy atom. The molecule has 176 valence electrons. The molecule has 1 fully saturated rings. The number of pyridine rings is 1. The third kappa shape index (κ3) is 4.77. The summed E-state index contributed by atoms with van der Waals surface area (Å²) in [5.74, 6) is 0.523. The van der Waals surface area contributed by atoms with Gasteiger partial charge in [-0.1, -0.05) is 31.0 Å². The number of halogens is 1. The average Bonchev–Trinajstić information content (AvgIpc) is 3.48. The van der Waals surface area contributed by atoms with Crippen molar-refractivity contribution in [3.63, 3.8) is 0 Å². The molecule has 7 nitrogen and oxygen atoms in total. The van der Waals surface area contributed by atoms with Crippen LogP contribution >= 0.6 is 0 Å². The number of nitrogens with one attached hydrogen (secondary N) is 1. The minimum absolute atomic E-state index is 0.100. The van der Waals surface area contributed by atoms with E-state index in [1.165, 1.54) is 25.0 Å². The topological polar surface area (TPSA) is 79.7 Å². The van der Waals surface area contributed by atoms with Gasteiger partial charge in [-0.2, -0.15) is 0 Å². The number of aromatic nitrogens is 5. The summed E-state index contributed by atoms with van der Waals surface area (Å²) in [5, 5.41) is 13.6. The van der Waals surface area contributed by atoms with Crippen LogP contribution < -0.4 is 5.56 Å². The number of hydrogen-bond donors (Lipinski definition) is 1. The van der Waals surface area contributed by atoms with Gasteiger partial charge in [0.15, 0.2) is 5.82 Å². The monoisotopic (exact) mass is 460 g/mol. The zero-order valence-corrected chi connectivity index (χ0v) is 19.6. The highest BCUT2D eigenvalue weighted by Crippen LogP contribution is 2.29. The second-order valence-corrected chi connectivity index (χ2v) is 9.42. The first kappa shape index (κ1) is 22.4. The lowest BCUT2D eigenvalue weighted by Gasteiger charge is -2.23. The van der Waals surface area contributed by atoms with Crippen molar-refractivity contribution in [1.82, 2.24) is 30.1 Å². The summed E-state index contributed by atoms with van der Waals surface area (Å²) in [6, 6.07) is 12.9. The number of hydrogen-bond acceptors (Lipinski definition) is 5. The molecule has 2 aromatic heterocycles. The molecule has 4 aromatic rings. The largest absolute Gasteiger partial charge is 0.322 e. The van der Waals surface area contributed by atoms with Crippen LogP contribution in [-0.2, 0) is 19.6 Å². The minimum Gasteiger partial charge on any atom is -0.322 e. The van der Waals surface area contributed by atoms with Crippen LogP contribution in [0, 0.1) is 19.7 Å². The summed E-state index contributed by atoms with van der Waals surface area (Å²) in [6.07, 6.45) is 4.54. The predicted molar refractivity (Wildman–Crippen MR) is 129 cm³/mol. The van der Waals surface area contributed by atoms with Crippen LogP contribution in [0.5, 0.6) is 0 Å². The van der Waals surface area contributed by atoms with Gasteiger partial charge in [-0.05, 0) is 78.1 Å². The van der Waals surface area contributed by atoms with Crippen molar-refractivity contribution in [3.05, 3.63) is 86.7 Å². The van der Waals surface area contributed by atoms with E-state index in [0.29, 0.717) is 31.2 Å². The van der Waals surface area contributed by atoms with Crippen molar-refractivity contribution in [2.45, 2.75) is 65.2 Å². The van der Waals surface area contributed by atoms with Crippen molar-refractivity contribution in [3.8, 4) is 0 Å². The zero-order chi connectivity index (χ0) is 23.7. The molecule has 0 bridgehead atoms. The van der Waals surface area contributed by atoms with E-state index < -0.39 is 0 Å². The Hall–Kier alpha value is -3.39. The van der Waals surface area contributed by atoms with E-state index in [1.807, 2.05) is 23.7 Å². The molecule has 1 N–H and O–H groups in total. The summed E-state index contributed by atoms with van der Waals surface area (Å²) < 4.78 is 15.4. The molecule has 2 aromatic carbocycles. The van der Waals surface area contributed by atoms with Crippen LogP contribution in [-0.4, -0.2) is 30.1 Å². The van der Waals surface area contributed by atoms with Gasteiger partial charge < -0.3 is 4.98 Å². The maximum atomic E-state index is 13.5. The lowest BCUT2D eigenvalue weighted by atomic mass is 10.0. The first-order valence-electron chi connectivity index (χ1n) is 11.8. The standard InChI is InChI=1S/C26H29FN6O/c1-17-11-18(2)23-13-20(26(34)28-24(23)12-17)15-32(14-19-7-9-21(27)10-8-19)16-25-29-30-31-33(25)22-5-3-4-6-22/h7-13,22H,3-6,14-16H2,1-2H3,(H,28,34). The Morgan fingerprint density at radius 3 is 2.59 bits per heavy atom. The number of nitrogens with zero attached hydrogens (tertiary/aromatic N) is 5. The van der Waals surface area contributed by atoms with Gasteiger partial charge in [0.05, 0.1) is 12.6 Å². The van der Waals surface area contributed by atoms with Crippen LogP contribution in [0.4, 0.5) is 4.39 Å². The molecular weight excluding hydrogens is 431 g/mol.